The lowest BCUT2D eigenvalue weighted by Gasteiger charge is -2.15. The molecule has 2 aliphatic rings. The van der Waals surface area contributed by atoms with Crippen molar-refractivity contribution in [2.45, 2.75) is 44.6 Å². The Hall–Kier alpha value is -1.81. The average Bonchev–Trinajstić information content (AvgIpc) is 3.15. The van der Waals surface area contributed by atoms with Gasteiger partial charge in [-0.15, -0.1) is 0 Å². The molecule has 0 radical (unpaired) electrons. The third kappa shape index (κ3) is 2.52. The van der Waals surface area contributed by atoms with Crippen LogP contribution in [0.15, 0.2) is 22.8 Å². The van der Waals surface area contributed by atoms with E-state index in [9.17, 15) is 4.79 Å². The smallest absolute Gasteiger partial charge is 0.224 e. The molecule has 0 bridgehead atoms. The first kappa shape index (κ1) is 13.8. The van der Waals surface area contributed by atoms with Gasteiger partial charge in [0.25, 0.3) is 0 Å². The van der Waals surface area contributed by atoms with Gasteiger partial charge in [-0.25, -0.2) is 0 Å². The molecule has 3 N–H and O–H groups in total. The number of fused-ring (bicyclic) bond motifs is 2. The summed E-state index contributed by atoms with van der Waals surface area (Å²) in [5.41, 5.74) is 10.4. The first-order valence-electron chi connectivity index (χ1n) is 8.26. The van der Waals surface area contributed by atoms with Gasteiger partial charge in [-0.3, -0.25) is 4.79 Å². The highest BCUT2D eigenvalue weighted by atomic mass is 16.3. The van der Waals surface area contributed by atoms with Crippen LogP contribution in [0.3, 0.4) is 0 Å². The van der Waals surface area contributed by atoms with Gasteiger partial charge in [0.2, 0.25) is 5.91 Å². The number of hydrogen-bond donors (Lipinski definition) is 2. The number of nitrogens with one attached hydrogen (secondary N) is 1. The van der Waals surface area contributed by atoms with Crippen LogP contribution in [0.2, 0.25) is 0 Å². The molecule has 4 heteroatoms. The van der Waals surface area contributed by atoms with Crippen LogP contribution in [0.5, 0.6) is 0 Å². The lowest BCUT2D eigenvalue weighted by molar-refractivity contribution is -0.121. The molecule has 0 aliphatic heterocycles. The van der Waals surface area contributed by atoms with Gasteiger partial charge in [0.05, 0.1) is 12.7 Å². The van der Waals surface area contributed by atoms with Crippen LogP contribution in [-0.4, -0.2) is 18.5 Å². The molecule has 1 aromatic carbocycles. The summed E-state index contributed by atoms with van der Waals surface area (Å²) in [6.45, 7) is 0.524. The number of aryl methyl sites for hydroxylation is 2. The summed E-state index contributed by atoms with van der Waals surface area (Å²) >= 11 is 0. The van der Waals surface area contributed by atoms with E-state index in [2.05, 4.69) is 17.4 Å². The quantitative estimate of drug-likeness (QED) is 0.890. The van der Waals surface area contributed by atoms with Crippen LogP contribution in [0, 0.1) is 5.92 Å². The van der Waals surface area contributed by atoms with Gasteiger partial charge in [-0.2, -0.15) is 0 Å². The van der Waals surface area contributed by atoms with E-state index in [1.807, 2.05) is 0 Å². The standard InChI is InChI=1S/C18H22N2O2/c19-9-16(11-4-5-11)20-18(21)8-14-10-22-17-7-13-3-1-2-12(13)6-15(14)17/h6-7,10-11,16H,1-5,8-9,19H2,(H,20,21). The van der Waals surface area contributed by atoms with Gasteiger partial charge in [0.1, 0.15) is 5.58 Å². The highest BCUT2D eigenvalue weighted by Gasteiger charge is 2.31. The molecule has 4 rings (SSSR count). The largest absolute Gasteiger partial charge is 0.464 e. The van der Waals surface area contributed by atoms with E-state index < -0.39 is 0 Å². The fourth-order valence-corrected chi connectivity index (χ4v) is 3.58. The second-order valence-corrected chi connectivity index (χ2v) is 6.66. The Morgan fingerprint density at radius 2 is 2.09 bits per heavy atom. The van der Waals surface area contributed by atoms with Crippen LogP contribution in [-0.2, 0) is 24.1 Å². The average molecular weight is 298 g/mol. The molecule has 0 spiro atoms. The van der Waals surface area contributed by atoms with Gasteiger partial charge in [0.15, 0.2) is 0 Å². The predicted octanol–water partition coefficient (Wildman–Crippen LogP) is 2.32. The zero-order valence-electron chi connectivity index (χ0n) is 12.7. The Balaban J connectivity index is 1.52. The molecule has 116 valence electrons. The van der Waals surface area contributed by atoms with E-state index in [0.29, 0.717) is 18.9 Å². The van der Waals surface area contributed by atoms with Crippen molar-refractivity contribution in [3.8, 4) is 0 Å². The van der Waals surface area contributed by atoms with Crippen molar-refractivity contribution in [2.75, 3.05) is 6.54 Å². The van der Waals surface area contributed by atoms with Crippen molar-refractivity contribution < 1.29 is 9.21 Å². The van der Waals surface area contributed by atoms with Crippen LogP contribution in [0.1, 0.15) is 36.0 Å². The third-order valence-electron chi connectivity index (χ3n) is 5.01. The normalized spacial score (nSPS) is 18.4. The summed E-state index contributed by atoms with van der Waals surface area (Å²) < 4.78 is 5.66. The minimum absolute atomic E-state index is 0.0468. The topological polar surface area (TPSA) is 68.3 Å². The van der Waals surface area contributed by atoms with E-state index in [0.717, 1.165) is 29.4 Å². The summed E-state index contributed by atoms with van der Waals surface area (Å²) in [5, 5.41) is 4.17. The maximum atomic E-state index is 12.3. The maximum Gasteiger partial charge on any atom is 0.224 e. The zero-order chi connectivity index (χ0) is 15.1. The van der Waals surface area contributed by atoms with E-state index >= 15 is 0 Å². The third-order valence-corrected chi connectivity index (χ3v) is 5.01. The molecule has 1 heterocycles. The number of amides is 1. The molecule has 2 aliphatic carbocycles. The molecule has 1 amide bonds. The minimum atomic E-state index is 0.0468. The number of carbonyl (C=O) groups excluding carboxylic acids is 1. The summed E-state index contributed by atoms with van der Waals surface area (Å²) in [4.78, 5) is 12.3. The monoisotopic (exact) mass is 298 g/mol. The zero-order valence-corrected chi connectivity index (χ0v) is 12.7. The Labute approximate surface area is 130 Å². The van der Waals surface area contributed by atoms with Crippen molar-refractivity contribution in [1.82, 2.24) is 5.32 Å². The van der Waals surface area contributed by atoms with Gasteiger partial charge in [-0.1, -0.05) is 0 Å². The maximum absolute atomic E-state index is 12.3. The second kappa shape index (κ2) is 5.43. The predicted molar refractivity (Wildman–Crippen MR) is 85.7 cm³/mol. The molecule has 22 heavy (non-hydrogen) atoms. The molecule has 2 aromatic rings. The molecule has 1 unspecified atom stereocenters. The van der Waals surface area contributed by atoms with Crippen molar-refractivity contribution in [1.29, 1.82) is 0 Å². The van der Waals surface area contributed by atoms with Gasteiger partial charge >= 0.3 is 0 Å². The lowest BCUT2D eigenvalue weighted by Crippen LogP contribution is -2.42. The highest BCUT2D eigenvalue weighted by Crippen LogP contribution is 2.33. The van der Waals surface area contributed by atoms with E-state index in [4.69, 9.17) is 10.2 Å². The second-order valence-electron chi connectivity index (χ2n) is 6.66. The van der Waals surface area contributed by atoms with Crippen molar-refractivity contribution in [3.63, 3.8) is 0 Å². The molecule has 1 fully saturated rings. The van der Waals surface area contributed by atoms with E-state index in [-0.39, 0.29) is 11.9 Å². The SMILES string of the molecule is NCC(NC(=O)Cc1coc2cc3c(cc12)CCC3)C1CC1. The van der Waals surface area contributed by atoms with Crippen molar-refractivity contribution >= 4 is 16.9 Å². The number of rotatable bonds is 5. The number of nitrogens with two attached hydrogens (primary N) is 1. The fraction of sp³-hybridized carbons (Fsp3) is 0.500. The summed E-state index contributed by atoms with van der Waals surface area (Å²) in [5.74, 6) is 0.629. The molecule has 1 atom stereocenters. The highest BCUT2D eigenvalue weighted by molar-refractivity contribution is 5.88. The number of benzene rings is 1. The number of hydrogen-bond acceptors (Lipinski definition) is 3. The van der Waals surface area contributed by atoms with Crippen molar-refractivity contribution in [2.24, 2.45) is 11.7 Å². The van der Waals surface area contributed by atoms with Gasteiger partial charge in [-0.05, 0) is 61.3 Å². The molecule has 1 aromatic heterocycles. The van der Waals surface area contributed by atoms with Crippen LogP contribution < -0.4 is 11.1 Å². The van der Waals surface area contributed by atoms with Gasteiger partial charge in [0, 0.05) is 23.5 Å². The Bertz CT molecular complexity index is 715. The number of carbonyl (C=O) groups is 1. The first-order chi connectivity index (χ1) is 10.7. The fourth-order valence-electron chi connectivity index (χ4n) is 3.58. The molecular formula is C18H22N2O2. The summed E-state index contributed by atoms with van der Waals surface area (Å²) in [6.07, 6.45) is 7.96. The van der Waals surface area contributed by atoms with Gasteiger partial charge < -0.3 is 15.5 Å². The van der Waals surface area contributed by atoms with Crippen molar-refractivity contribution in [3.05, 3.63) is 35.1 Å². The van der Waals surface area contributed by atoms with Crippen LogP contribution in [0.4, 0.5) is 0 Å². The molecule has 4 nitrogen and oxygen atoms in total. The minimum Gasteiger partial charge on any atom is -0.464 e. The van der Waals surface area contributed by atoms with E-state index in [1.165, 1.54) is 30.4 Å². The molecule has 1 saturated carbocycles. The van der Waals surface area contributed by atoms with Crippen LogP contribution in [0.25, 0.3) is 11.0 Å². The Morgan fingerprint density at radius 3 is 2.82 bits per heavy atom. The summed E-state index contributed by atoms with van der Waals surface area (Å²) in [7, 11) is 0. The first-order valence-corrected chi connectivity index (χ1v) is 8.26. The Morgan fingerprint density at radius 1 is 1.32 bits per heavy atom. The molecule has 0 saturated heterocycles. The van der Waals surface area contributed by atoms with E-state index in [1.54, 1.807) is 6.26 Å². The summed E-state index contributed by atoms with van der Waals surface area (Å²) in [6, 6.07) is 4.49. The lowest BCUT2D eigenvalue weighted by atomic mass is 10.0. The molecular weight excluding hydrogens is 276 g/mol. The number of furan rings is 1. The van der Waals surface area contributed by atoms with Crippen LogP contribution >= 0.6 is 0 Å². The Kier molecular flexibility index (Phi) is 3.41.